The lowest BCUT2D eigenvalue weighted by Crippen LogP contribution is -2.10. The van der Waals surface area contributed by atoms with Gasteiger partial charge in [-0.2, -0.15) is 0 Å². The first-order chi connectivity index (χ1) is 38.8. The van der Waals surface area contributed by atoms with Crippen molar-refractivity contribution in [1.29, 1.82) is 0 Å². The predicted molar refractivity (Wildman–Crippen MR) is 406 cm³/mol. The Balaban J connectivity index is -0.000000113. The van der Waals surface area contributed by atoms with E-state index in [1.807, 2.05) is 156 Å². The summed E-state index contributed by atoms with van der Waals surface area (Å²) in [6.45, 7) is 38.9. The molecule has 0 atom stereocenters. The maximum absolute atomic E-state index is 3.78. The minimum Gasteiger partial charge on any atom is -0.378 e. The van der Waals surface area contributed by atoms with E-state index in [0.717, 1.165) is 0 Å². The van der Waals surface area contributed by atoms with Gasteiger partial charge in [0.05, 0.1) is 0 Å². The second-order valence-corrected chi connectivity index (χ2v) is 19.5. The molecule has 0 N–H and O–H groups in total. The first kappa shape index (κ1) is 97.3. The Morgan fingerprint density at radius 1 is 0.306 bits per heavy atom. The van der Waals surface area contributed by atoms with Crippen LogP contribution in [0.15, 0.2) is 187 Å². The van der Waals surface area contributed by atoms with Crippen molar-refractivity contribution in [1.82, 2.24) is 9.88 Å². The highest BCUT2D eigenvalue weighted by atomic mass is 15.1. The fourth-order valence-corrected chi connectivity index (χ4v) is 5.44. The zero-order chi connectivity index (χ0) is 64.8. The second-order valence-electron chi connectivity index (χ2n) is 19.5. The number of rotatable bonds is 8. The first-order valence-electron chi connectivity index (χ1n) is 29.6. The third kappa shape index (κ3) is 54.8. The largest absolute Gasteiger partial charge is 0.378 e. The summed E-state index contributed by atoms with van der Waals surface area (Å²) in [7, 11) is 26.5. The van der Waals surface area contributed by atoms with Crippen LogP contribution in [-0.2, 0) is 0 Å². The zero-order valence-corrected chi connectivity index (χ0v) is 58.9. The lowest BCUT2D eigenvalue weighted by molar-refractivity contribution is 0.505. The van der Waals surface area contributed by atoms with E-state index < -0.39 is 0 Å². The zero-order valence-electron chi connectivity index (χ0n) is 58.9. The highest BCUT2D eigenvalue weighted by Gasteiger charge is 2.02. The van der Waals surface area contributed by atoms with Crippen LogP contribution >= 0.6 is 0 Å². The number of hydrogen-bond acceptors (Lipinski definition) is 7. The van der Waals surface area contributed by atoms with E-state index in [-0.39, 0.29) is 22.3 Å². The average Bonchev–Trinajstić information content (AvgIpc) is 3.55. The van der Waals surface area contributed by atoms with Crippen molar-refractivity contribution in [2.45, 2.75) is 154 Å². The minimum absolute atomic E-state index is 0. The van der Waals surface area contributed by atoms with Crippen LogP contribution in [0.3, 0.4) is 0 Å². The minimum atomic E-state index is 0. The lowest BCUT2D eigenvalue weighted by Gasteiger charge is -2.16. The Morgan fingerprint density at radius 2 is 0.494 bits per heavy atom. The average molecular weight is 1170 g/mol. The maximum Gasteiger partial charge on any atom is 0.0362 e. The number of nitrogens with zero attached hydrogens (tertiary/aromatic N) is 7. The number of aromatic nitrogens is 1. The molecule has 1 heterocycles. The van der Waals surface area contributed by atoms with E-state index >= 15 is 0 Å². The van der Waals surface area contributed by atoms with Gasteiger partial charge in [0.15, 0.2) is 0 Å². The second kappa shape index (κ2) is 64.7. The molecule has 484 valence electrons. The molecule has 1 aromatic heterocycles. The van der Waals surface area contributed by atoms with Gasteiger partial charge in [0, 0.05) is 111 Å². The van der Waals surface area contributed by atoms with Crippen molar-refractivity contribution in [3.8, 4) is 11.1 Å². The molecule has 0 saturated carbocycles. The van der Waals surface area contributed by atoms with Crippen molar-refractivity contribution in [2.24, 2.45) is 0 Å². The predicted octanol–water partition coefficient (Wildman–Crippen LogP) is 23.1. The summed E-state index contributed by atoms with van der Waals surface area (Å²) in [4.78, 5) is 16.3. The fraction of sp³-hybridized carbons (Fsp3) is 0.449. The summed E-state index contributed by atoms with van der Waals surface area (Å²) in [6, 6.07) is 48.6. The maximum atomic E-state index is 3.78. The summed E-state index contributed by atoms with van der Waals surface area (Å²) < 4.78 is 0. The third-order valence-corrected chi connectivity index (χ3v) is 10.9. The van der Waals surface area contributed by atoms with Gasteiger partial charge in [-0.3, -0.25) is 4.98 Å². The van der Waals surface area contributed by atoms with E-state index in [9.17, 15) is 0 Å². The van der Waals surface area contributed by atoms with Crippen LogP contribution in [0.25, 0.3) is 22.3 Å². The summed E-state index contributed by atoms with van der Waals surface area (Å²) in [5.41, 5.74) is 18.0. The van der Waals surface area contributed by atoms with Crippen LogP contribution in [0, 0.1) is 6.92 Å². The molecule has 0 aliphatic carbocycles. The Kier molecular flexibility index (Phi) is 74.1. The van der Waals surface area contributed by atoms with Gasteiger partial charge in [0.1, 0.15) is 0 Å². The van der Waals surface area contributed by atoms with Gasteiger partial charge in [-0.1, -0.05) is 185 Å². The molecule has 85 heavy (non-hydrogen) atoms. The lowest BCUT2D eigenvalue weighted by atomic mass is 10.0. The van der Waals surface area contributed by atoms with Gasteiger partial charge in [0.2, 0.25) is 0 Å². The van der Waals surface area contributed by atoms with Crippen LogP contribution in [0.5, 0.6) is 0 Å². The molecule has 0 spiro atoms. The molecule has 0 saturated heterocycles. The van der Waals surface area contributed by atoms with Crippen LogP contribution in [0.2, 0.25) is 0 Å². The van der Waals surface area contributed by atoms with Gasteiger partial charge < -0.3 is 29.4 Å². The number of allylic oxidation sites excluding steroid dienone is 8. The summed E-state index contributed by atoms with van der Waals surface area (Å²) in [5.74, 6) is 0. The van der Waals surface area contributed by atoms with Crippen molar-refractivity contribution in [3.63, 3.8) is 0 Å². The van der Waals surface area contributed by atoms with E-state index in [1.54, 1.807) is 12.4 Å². The fourth-order valence-electron chi connectivity index (χ4n) is 5.44. The molecular weight excluding hydrogens is 1030 g/mol. The standard InChI is InChI=1S/C16H20N2.C14H18.C10H16N2.C9H13N.C5H5N.2C5H10.C3H9N.4C2H6.3CH4/c1-17(2)15-9-5-13(6-10-15)14-7-11-16(12-8-14)18(3)4;1-5-11(3)13-7-9-14(10-8-13)12(4)6-2;1-11(2)9-5-7-10(8-6-9)12(3)4;1-8-4-6-9(7-5-8)10(2)3;1-2-4-6-5-3-1;2*1-4-5(2)3;1-4(2)3;4*1-2;;;/h5-12H,1-4H3;5-10H,1-4H3;5-8H,1-4H3;4-7H,1-3H3;1-5H;2*4H,1-3H3;1-3H3;4*1-2H3;3*1H4/b;11-5+,12-6+;;;;;;;;;;;;;. The summed E-state index contributed by atoms with van der Waals surface area (Å²) in [5, 5.41) is 0. The molecule has 0 bridgehead atoms. The molecule has 0 aliphatic rings. The summed E-state index contributed by atoms with van der Waals surface area (Å²) in [6.07, 6.45) is 11.9. The highest BCUT2D eigenvalue weighted by Crippen LogP contribution is 2.25. The monoisotopic (exact) mass is 1170 g/mol. The molecule has 0 unspecified atom stereocenters. The van der Waals surface area contributed by atoms with Gasteiger partial charge in [-0.05, 0) is 204 Å². The topological polar surface area (TPSA) is 32.3 Å². The van der Waals surface area contributed by atoms with Crippen molar-refractivity contribution < 1.29 is 0 Å². The number of anilines is 5. The Labute approximate surface area is 532 Å². The molecular formula is C78H137N7. The third-order valence-electron chi connectivity index (χ3n) is 10.9. The van der Waals surface area contributed by atoms with E-state index in [1.165, 1.54) is 78.5 Å². The molecule has 7 nitrogen and oxygen atoms in total. The molecule has 0 radical (unpaired) electrons. The quantitative estimate of drug-likeness (QED) is 0.140. The molecule has 0 aliphatic heterocycles. The number of aryl methyl sites for hydroxylation is 1. The van der Waals surface area contributed by atoms with Crippen molar-refractivity contribution in [3.05, 3.63) is 204 Å². The number of hydrogen-bond donors (Lipinski definition) is 0. The van der Waals surface area contributed by atoms with Crippen LogP contribution in [0.1, 0.15) is 164 Å². The normalized spacial score (nSPS) is 8.91. The Hall–Kier alpha value is -6.83. The Bertz CT molecular complexity index is 2240. The van der Waals surface area contributed by atoms with E-state index in [2.05, 4.69) is 266 Å². The van der Waals surface area contributed by atoms with Crippen LogP contribution in [0.4, 0.5) is 28.4 Å². The van der Waals surface area contributed by atoms with Crippen molar-refractivity contribution >= 4 is 39.6 Å². The Morgan fingerprint density at radius 3 is 0.635 bits per heavy atom. The number of pyridine rings is 1. The molecule has 6 rings (SSSR count). The molecule has 0 fully saturated rings. The first-order valence-corrected chi connectivity index (χ1v) is 29.6. The molecule has 6 aromatic rings. The highest BCUT2D eigenvalue weighted by molar-refractivity contribution is 5.69. The van der Waals surface area contributed by atoms with Gasteiger partial charge in [0.25, 0.3) is 0 Å². The van der Waals surface area contributed by atoms with E-state index in [4.69, 9.17) is 0 Å². The van der Waals surface area contributed by atoms with Gasteiger partial charge in [-0.15, -0.1) is 0 Å². The van der Waals surface area contributed by atoms with E-state index in [0.29, 0.717) is 0 Å². The molecule has 7 heteroatoms. The van der Waals surface area contributed by atoms with Crippen molar-refractivity contribution in [2.75, 3.05) is 116 Å². The number of benzene rings is 5. The molecule has 0 amide bonds. The van der Waals surface area contributed by atoms with Gasteiger partial charge >= 0.3 is 0 Å². The summed E-state index contributed by atoms with van der Waals surface area (Å²) >= 11 is 0. The smallest absolute Gasteiger partial charge is 0.0362 e. The SMILES string of the molecule is C.C.C.C/C=C(\C)c1ccc(/C(C)=C/C)cc1.CC.CC.CC.CC.CC=C(C)C.CC=C(C)C.CN(C)C.CN(C)c1ccc(-c2ccc(N(C)C)cc2)cc1.CN(C)c1ccc(N(C)C)cc1.Cc1ccc(N(C)C)cc1.c1ccncc1. The van der Waals surface area contributed by atoms with Crippen LogP contribution < -0.4 is 24.5 Å². The van der Waals surface area contributed by atoms with Crippen LogP contribution in [-0.4, -0.2) is 102 Å². The molecule has 5 aromatic carbocycles. The van der Waals surface area contributed by atoms with Gasteiger partial charge in [-0.25, -0.2) is 0 Å².